The number of ether oxygens (including phenoxy) is 1. The van der Waals surface area contributed by atoms with Crippen LogP contribution in [0.15, 0.2) is 0 Å². The van der Waals surface area contributed by atoms with Gasteiger partial charge >= 0.3 is 5.97 Å². The van der Waals surface area contributed by atoms with Gasteiger partial charge in [0.25, 0.3) is 0 Å². The maximum Gasteiger partial charge on any atom is 0.345 e. The monoisotopic (exact) mass is 267 g/mol. The quantitative estimate of drug-likeness (QED) is 0.692. The number of hydrogen-bond donors (Lipinski definition) is 3. The van der Waals surface area contributed by atoms with Gasteiger partial charge in [0.2, 0.25) is 0 Å². The maximum atomic E-state index is 11.9. The van der Waals surface area contributed by atoms with Crippen LogP contribution in [0, 0.1) is 0 Å². The number of nitrogens with two attached hydrogens (primary N) is 1. The molecule has 106 valence electrons. The second kappa shape index (κ2) is 5.48. The fraction of sp³-hybridized carbons (Fsp3) is 0.667. The molecule has 0 spiro atoms. The number of anilines is 2. The van der Waals surface area contributed by atoms with Crippen molar-refractivity contribution in [2.75, 3.05) is 31.2 Å². The Bertz CT molecular complexity index is 463. The third kappa shape index (κ3) is 2.65. The average molecular weight is 267 g/mol. The lowest BCUT2D eigenvalue weighted by atomic mass is 10.2. The van der Waals surface area contributed by atoms with Crippen LogP contribution >= 0.6 is 0 Å². The van der Waals surface area contributed by atoms with Crippen LogP contribution in [-0.4, -0.2) is 42.0 Å². The molecular weight excluding hydrogens is 246 g/mol. The van der Waals surface area contributed by atoms with Crippen LogP contribution in [0.5, 0.6) is 0 Å². The first kappa shape index (κ1) is 13.7. The molecule has 1 saturated heterocycles. The molecule has 1 aliphatic rings. The Morgan fingerprint density at radius 3 is 2.89 bits per heavy atom. The summed E-state index contributed by atoms with van der Waals surface area (Å²) in [7, 11) is 1.34. The van der Waals surface area contributed by atoms with Crippen molar-refractivity contribution >= 4 is 17.6 Å². The van der Waals surface area contributed by atoms with Crippen molar-refractivity contribution in [3.8, 4) is 0 Å². The zero-order valence-corrected chi connectivity index (χ0v) is 11.6. The van der Waals surface area contributed by atoms with E-state index in [-0.39, 0.29) is 12.1 Å². The summed E-state index contributed by atoms with van der Waals surface area (Å²) in [6.07, 6.45) is 0.995. The van der Waals surface area contributed by atoms with E-state index < -0.39 is 5.97 Å². The van der Waals surface area contributed by atoms with Gasteiger partial charge in [0.05, 0.1) is 7.11 Å². The Morgan fingerprint density at radius 2 is 2.37 bits per heavy atom. The third-order valence-corrected chi connectivity index (χ3v) is 3.23. The van der Waals surface area contributed by atoms with Crippen molar-refractivity contribution in [3.63, 3.8) is 0 Å². The molecule has 0 aromatic carbocycles. The van der Waals surface area contributed by atoms with Crippen molar-refractivity contribution in [2.24, 2.45) is 0 Å². The number of rotatable bonds is 4. The summed E-state index contributed by atoms with van der Waals surface area (Å²) in [4.78, 5) is 11.9. The average Bonchev–Trinajstić information content (AvgIpc) is 2.97. The lowest BCUT2D eigenvalue weighted by molar-refractivity contribution is 0.0603. The molecule has 0 saturated carbocycles. The number of methoxy groups -OCH3 is 1. The van der Waals surface area contributed by atoms with Crippen molar-refractivity contribution < 1.29 is 9.53 Å². The molecule has 1 aromatic heterocycles. The highest BCUT2D eigenvalue weighted by molar-refractivity contribution is 5.99. The number of nitrogen functional groups attached to an aromatic ring is 1. The van der Waals surface area contributed by atoms with Crippen LogP contribution in [0.3, 0.4) is 0 Å². The van der Waals surface area contributed by atoms with E-state index in [1.807, 2.05) is 13.8 Å². The highest BCUT2D eigenvalue weighted by Crippen LogP contribution is 2.26. The predicted octanol–water partition coefficient (Wildman–Crippen LogP) is 0.607. The summed E-state index contributed by atoms with van der Waals surface area (Å²) >= 11 is 0. The largest absolute Gasteiger partial charge is 0.465 e. The van der Waals surface area contributed by atoms with Gasteiger partial charge in [0.15, 0.2) is 5.82 Å². The van der Waals surface area contributed by atoms with Crippen molar-refractivity contribution in [2.45, 2.75) is 32.4 Å². The summed E-state index contributed by atoms with van der Waals surface area (Å²) in [5, 5.41) is 10.9. The number of carbonyl (C=O) groups is 1. The van der Waals surface area contributed by atoms with Gasteiger partial charge in [-0.15, -0.1) is 0 Å². The fourth-order valence-corrected chi connectivity index (χ4v) is 2.22. The van der Waals surface area contributed by atoms with Crippen LogP contribution in [0.2, 0.25) is 0 Å². The molecule has 4 N–H and O–H groups in total. The molecule has 1 atom stereocenters. The number of nitrogens with zero attached hydrogens (tertiary/aromatic N) is 2. The Morgan fingerprint density at radius 1 is 1.63 bits per heavy atom. The Hall–Kier alpha value is -1.76. The first-order chi connectivity index (χ1) is 9.04. The van der Waals surface area contributed by atoms with Gasteiger partial charge < -0.3 is 21.1 Å². The van der Waals surface area contributed by atoms with E-state index in [4.69, 9.17) is 10.5 Å². The van der Waals surface area contributed by atoms with E-state index in [0.717, 1.165) is 19.5 Å². The smallest absolute Gasteiger partial charge is 0.345 e. The maximum absolute atomic E-state index is 11.9. The summed E-state index contributed by atoms with van der Waals surface area (Å²) in [5.74, 6) is 0.389. The van der Waals surface area contributed by atoms with E-state index in [1.165, 1.54) is 7.11 Å². The zero-order valence-electron chi connectivity index (χ0n) is 11.6. The van der Waals surface area contributed by atoms with Gasteiger partial charge in [0.1, 0.15) is 11.4 Å². The fourth-order valence-electron chi connectivity index (χ4n) is 2.22. The molecule has 1 fully saturated rings. The first-order valence-corrected chi connectivity index (χ1v) is 6.48. The van der Waals surface area contributed by atoms with E-state index in [0.29, 0.717) is 17.2 Å². The second-order valence-corrected chi connectivity index (χ2v) is 4.97. The van der Waals surface area contributed by atoms with Crippen molar-refractivity contribution in [1.82, 2.24) is 15.1 Å². The molecule has 7 heteroatoms. The number of hydrogen-bond acceptors (Lipinski definition) is 6. The summed E-state index contributed by atoms with van der Waals surface area (Å²) in [5.41, 5.74) is 6.32. The molecule has 0 amide bonds. The third-order valence-electron chi connectivity index (χ3n) is 3.23. The molecule has 2 heterocycles. The topological polar surface area (TPSA) is 94.2 Å². The highest BCUT2D eigenvalue weighted by atomic mass is 16.5. The molecule has 7 nitrogen and oxygen atoms in total. The van der Waals surface area contributed by atoms with Gasteiger partial charge in [-0.1, -0.05) is 0 Å². The minimum Gasteiger partial charge on any atom is -0.465 e. The summed E-state index contributed by atoms with van der Waals surface area (Å²) < 4.78 is 6.42. The lowest BCUT2D eigenvalue weighted by Crippen LogP contribution is -2.23. The minimum atomic E-state index is -0.460. The number of carbonyl (C=O) groups excluding carboxylic acids is 1. The van der Waals surface area contributed by atoms with Gasteiger partial charge in [-0.3, -0.25) is 0 Å². The van der Waals surface area contributed by atoms with E-state index >= 15 is 0 Å². The van der Waals surface area contributed by atoms with Gasteiger partial charge in [-0.05, 0) is 26.8 Å². The second-order valence-electron chi connectivity index (χ2n) is 4.97. The summed E-state index contributed by atoms with van der Waals surface area (Å²) in [6, 6.07) is 0.346. The minimum absolute atomic E-state index is 0.0839. The van der Waals surface area contributed by atoms with Crippen LogP contribution < -0.4 is 16.4 Å². The Kier molecular flexibility index (Phi) is 3.94. The van der Waals surface area contributed by atoms with Crippen LogP contribution in [0.4, 0.5) is 11.6 Å². The molecule has 1 aromatic rings. The molecule has 0 bridgehead atoms. The lowest BCUT2D eigenvalue weighted by Gasteiger charge is -2.11. The van der Waals surface area contributed by atoms with Gasteiger partial charge in [-0.2, -0.15) is 5.10 Å². The molecule has 1 aliphatic heterocycles. The highest BCUT2D eigenvalue weighted by Gasteiger charge is 2.26. The van der Waals surface area contributed by atoms with E-state index in [1.54, 1.807) is 4.68 Å². The van der Waals surface area contributed by atoms with Gasteiger partial charge in [0, 0.05) is 18.6 Å². The Labute approximate surface area is 112 Å². The van der Waals surface area contributed by atoms with Crippen LogP contribution in [0.1, 0.15) is 36.7 Å². The predicted molar refractivity (Wildman–Crippen MR) is 73.3 cm³/mol. The normalized spacial score (nSPS) is 18.8. The Balaban J connectivity index is 2.33. The van der Waals surface area contributed by atoms with Crippen LogP contribution in [0.25, 0.3) is 0 Å². The molecule has 19 heavy (non-hydrogen) atoms. The van der Waals surface area contributed by atoms with Crippen molar-refractivity contribution in [3.05, 3.63) is 5.56 Å². The zero-order chi connectivity index (χ0) is 14.0. The molecule has 2 rings (SSSR count). The number of esters is 1. The standard InChI is InChI=1S/C12H21N5O2/c1-7(2)17-10(13)9(12(18)19-3)11(16-17)15-8-4-5-14-6-8/h7-8,14H,4-6,13H2,1-3H3,(H,15,16). The van der Waals surface area contributed by atoms with E-state index in [9.17, 15) is 4.79 Å². The first-order valence-electron chi connectivity index (χ1n) is 6.48. The molecule has 0 aliphatic carbocycles. The van der Waals surface area contributed by atoms with Gasteiger partial charge in [-0.25, -0.2) is 9.48 Å². The molecular formula is C12H21N5O2. The van der Waals surface area contributed by atoms with E-state index in [2.05, 4.69) is 15.7 Å². The number of aromatic nitrogens is 2. The number of nitrogens with one attached hydrogen (secondary N) is 2. The SMILES string of the molecule is COC(=O)c1c(NC2CCNC2)nn(C(C)C)c1N. The van der Waals surface area contributed by atoms with Crippen molar-refractivity contribution in [1.29, 1.82) is 0 Å². The molecule has 1 unspecified atom stereocenters. The summed E-state index contributed by atoms with van der Waals surface area (Å²) in [6.45, 7) is 5.75. The molecule has 0 radical (unpaired) electrons. The van der Waals surface area contributed by atoms with Crippen LogP contribution in [-0.2, 0) is 4.74 Å².